The van der Waals surface area contributed by atoms with Crippen LogP contribution in [0.25, 0.3) is 0 Å². The molecule has 1 aliphatic rings. The van der Waals surface area contributed by atoms with Gasteiger partial charge in [-0.05, 0) is 6.42 Å². The molecule has 1 aliphatic heterocycles. The molecule has 0 aromatic rings. The van der Waals surface area contributed by atoms with E-state index >= 15 is 0 Å². The fourth-order valence-electron chi connectivity index (χ4n) is 1.90. The van der Waals surface area contributed by atoms with Gasteiger partial charge in [-0.25, -0.2) is 5.84 Å². The van der Waals surface area contributed by atoms with Crippen LogP contribution in [0.15, 0.2) is 0 Å². The molecule has 1 heterocycles. The van der Waals surface area contributed by atoms with Gasteiger partial charge in [0.1, 0.15) is 6.04 Å². The van der Waals surface area contributed by atoms with Crippen molar-refractivity contribution in [3.63, 3.8) is 0 Å². The summed E-state index contributed by atoms with van der Waals surface area (Å²) in [6.07, 6.45) is 0.562. The van der Waals surface area contributed by atoms with Gasteiger partial charge in [0.25, 0.3) is 5.91 Å². The predicted octanol–water partition coefficient (Wildman–Crippen LogP) is -2.06. The Labute approximate surface area is 94.0 Å². The standard InChI is InChI=1S/C9H18N4O3/c1-2-6(9(15)12-11)13-3-4-16-5-7(13)8(10)14/h6-7H,2-5,11H2,1H3,(H2,10,14)(H,12,15). The first kappa shape index (κ1) is 12.9. The molecule has 2 unspecified atom stereocenters. The number of ether oxygens (including phenoxy) is 1. The van der Waals surface area contributed by atoms with Crippen molar-refractivity contribution in [2.24, 2.45) is 11.6 Å². The Kier molecular flexibility index (Phi) is 4.66. The number of carbonyl (C=O) groups excluding carboxylic acids is 2. The lowest BCUT2D eigenvalue weighted by Gasteiger charge is -2.37. The second kappa shape index (κ2) is 5.78. The van der Waals surface area contributed by atoms with E-state index < -0.39 is 18.0 Å². The maximum absolute atomic E-state index is 11.5. The molecule has 1 fully saturated rings. The molecule has 2 amide bonds. The lowest BCUT2D eigenvalue weighted by molar-refractivity contribution is -0.138. The third kappa shape index (κ3) is 2.69. The number of nitrogens with one attached hydrogen (secondary N) is 1. The predicted molar refractivity (Wildman–Crippen MR) is 56.9 cm³/mol. The van der Waals surface area contributed by atoms with Gasteiger partial charge in [0.05, 0.1) is 19.3 Å². The molecule has 1 saturated heterocycles. The van der Waals surface area contributed by atoms with Gasteiger partial charge in [0, 0.05) is 6.54 Å². The zero-order valence-electron chi connectivity index (χ0n) is 9.31. The van der Waals surface area contributed by atoms with Crippen LogP contribution in [0.4, 0.5) is 0 Å². The number of carbonyl (C=O) groups is 2. The van der Waals surface area contributed by atoms with E-state index in [2.05, 4.69) is 5.43 Å². The van der Waals surface area contributed by atoms with Crippen LogP contribution >= 0.6 is 0 Å². The van der Waals surface area contributed by atoms with E-state index in [4.69, 9.17) is 16.3 Å². The van der Waals surface area contributed by atoms with Crippen molar-refractivity contribution in [3.8, 4) is 0 Å². The number of primary amides is 1. The molecule has 0 spiro atoms. The topological polar surface area (TPSA) is 111 Å². The maximum Gasteiger partial charge on any atom is 0.251 e. The van der Waals surface area contributed by atoms with Crippen LogP contribution in [-0.4, -0.2) is 48.6 Å². The fourth-order valence-corrected chi connectivity index (χ4v) is 1.90. The minimum absolute atomic E-state index is 0.226. The highest BCUT2D eigenvalue weighted by Gasteiger charge is 2.35. The molecule has 16 heavy (non-hydrogen) atoms. The Morgan fingerprint density at radius 3 is 2.81 bits per heavy atom. The molecule has 0 bridgehead atoms. The maximum atomic E-state index is 11.5. The van der Waals surface area contributed by atoms with Crippen LogP contribution in [0, 0.1) is 0 Å². The number of nitrogens with zero attached hydrogens (tertiary/aromatic N) is 1. The molecular weight excluding hydrogens is 212 g/mol. The smallest absolute Gasteiger partial charge is 0.251 e. The SMILES string of the molecule is CCC(C(=O)NN)N1CCOCC1C(N)=O. The fraction of sp³-hybridized carbons (Fsp3) is 0.778. The van der Waals surface area contributed by atoms with Crippen molar-refractivity contribution in [2.45, 2.75) is 25.4 Å². The van der Waals surface area contributed by atoms with Gasteiger partial charge in [-0.15, -0.1) is 0 Å². The number of morpholine rings is 1. The van der Waals surface area contributed by atoms with E-state index in [-0.39, 0.29) is 12.5 Å². The Hall–Kier alpha value is -1.18. The van der Waals surface area contributed by atoms with Crippen LogP contribution < -0.4 is 17.0 Å². The van der Waals surface area contributed by atoms with Crippen LogP contribution in [-0.2, 0) is 14.3 Å². The van der Waals surface area contributed by atoms with E-state index in [9.17, 15) is 9.59 Å². The summed E-state index contributed by atoms with van der Waals surface area (Å²) in [5.74, 6) is 4.31. The summed E-state index contributed by atoms with van der Waals surface area (Å²) in [7, 11) is 0. The first-order valence-electron chi connectivity index (χ1n) is 5.25. The first-order valence-corrected chi connectivity index (χ1v) is 5.25. The molecular formula is C9H18N4O3. The van der Waals surface area contributed by atoms with E-state index in [0.29, 0.717) is 19.6 Å². The molecule has 0 aliphatic carbocycles. The van der Waals surface area contributed by atoms with Crippen LogP contribution in [0.3, 0.4) is 0 Å². The Morgan fingerprint density at radius 1 is 1.62 bits per heavy atom. The summed E-state index contributed by atoms with van der Waals surface area (Å²) in [5.41, 5.74) is 7.37. The lowest BCUT2D eigenvalue weighted by atomic mass is 10.1. The van der Waals surface area contributed by atoms with Crippen LogP contribution in [0.1, 0.15) is 13.3 Å². The average Bonchev–Trinajstić information content (AvgIpc) is 2.30. The number of hydrazine groups is 1. The van der Waals surface area contributed by atoms with E-state index in [1.165, 1.54) is 0 Å². The zero-order chi connectivity index (χ0) is 12.1. The molecule has 7 nitrogen and oxygen atoms in total. The minimum atomic E-state index is -0.559. The molecule has 7 heteroatoms. The summed E-state index contributed by atoms with van der Waals surface area (Å²) in [6, 6.07) is -0.998. The summed E-state index contributed by atoms with van der Waals surface area (Å²) in [4.78, 5) is 24.5. The highest BCUT2D eigenvalue weighted by atomic mass is 16.5. The van der Waals surface area contributed by atoms with Gasteiger partial charge in [-0.2, -0.15) is 0 Å². The molecule has 5 N–H and O–H groups in total. The molecule has 0 saturated carbocycles. The van der Waals surface area contributed by atoms with E-state index in [1.807, 2.05) is 6.92 Å². The molecule has 0 aromatic heterocycles. The van der Waals surface area contributed by atoms with Gasteiger partial charge in [-0.3, -0.25) is 19.9 Å². The monoisotopic (exact) mass is 230 g/mol. The average molecular weight is 230 g/mol. The van der Waals surface area contributed by atoms with Gasteiger partial charge in [-0.1, -0.05) is 6.92 Å². The number of amides is 2. The quantitative estimate of drug-likeness (QED) is 0.292. The summed E-state index contributed by atoms with van der Waals surface area (Å²) in [6.45, 7) is 3.06. The normalized spacial score (nSPS) is 23.8. The molecule has 92 valence electrons. The largest absolute Gasteiger partial charge is 0.378 e. The zero-order valence-corrected chi connectivity index (χ0v) is 9.31. The Balaban J connectivity index is 2.79. The van der Waals surface area contributed by atoms with Crippen molar-refractivity contribution in [1.82, 2.24) is 10.3 Å². The van der Waals surface area contributed by atoms with Crippen molar-refractivity contribution in [2.75, 3.05) is 19.8 Å². The van der Waals surface area contributed by atoms with Crippen LogP contribution in [0.5, 0.6) is 0 Å². The lowest BCUT2D eigenvalue weighted by Crippen LogP contribution is -2.60. The molecule has 0 aromatic carbocycles. The molecule has 2 atom stereocenters. The second-order valence-corrected chi connectivity index (χ2v) is 3.66. The second-order valence-electron chi connectivity index (χ2n) is 3.66. The summed E-state index contributed by atoms with van der Waals surface area (Å²) >= 11 is 0. The van der Waals surface area contributed by atoms with E-state index in [0.717, 1.165) is 0 Å². The van der Waals surface area contributed by atoms with Gasteiger partial charge >= 0.3 is 0 Å². The van der Waals surface area contributed by atoms with Gasteiger partial charge in [0.15, 0.2) is 0 Å². The number of hydrogen-bond donors (Lipinski definition) is 3. The first-order chi connectivity index (χ1) is 7.61. The van der Waals surface area contributed by atoms with Crippen LogP contribution in [0.2, 0.25) is 0 Å². The third-order valence-corrected chi connectivity index (χ3v) is 2.73. The number of hydrogen-bond acceptors (Lipinski definition) is 5. The van der Waals surface area contributed by atoms with Crippen molar-refractivity contribution in [3.05, 3.63) is 0 Å². The number of rotatable bonds is 4. The minimum Gasteiger partial charge on any atom is -0.378 e. The Bertz CT molecular complexity index is 271. The van der Waals surface area contributed by atoms with Crippen molar-refractivity contribution in [1.29, 1.82) is 0 Å². The highest BCUT2D eigenvalue weighted by Crippen LogP contribution is 2.13. The molecule has 0 radical (unpaired) electrons. The Morgan fingerprint density at radius 2 is 2.31 bits per heavy atom. The van der Waals surface area contributed by atoms with Gasteiger partial charge < -0.3 is 10.5 Å². The highest BCUT2D eigenvalue weighted by molar-refractivity contribution is 5.84. The third-order valence-electron chi connectivity index (χ3n) is 2.73. The van der Waals surface area contributed by atoms with Crippen molar-refractivity contribution < 1.29 is 14.3 Å². The number of nitrogens with two attached hydrogens (primary N) is 2. The summed E-state index contributed by atoms with van der Waals surface area (Å²) < 4.78 is 5.18. The molecule has 1 rings (SSSR count). The summed E-state index contributed by atoms with van der Waals surface area (Å²) in [5, 5.41) is 0. The van der Waals surface area contributed by atoms with Crippen molar-refractivity contribution >= 4 is 11.8 Å². The van der Waals surface area contributed by atoms with E-state index in [1.54, 1.807) is 4.90 Å². The van der Waals surface area contributed by atoms with Gasteiger partial charge in [0.2, 0.25) is 5.91 Å².